The maximum absolute atomic E-state index is 12.1. The van der Waals surface area contributed by atoms with Gasteiger partial charge in [0.15, 0.2) is 10.3 Å². The van der Waals surface area contributed by atoms with Crippen LogP contribution in [0.3, 0.4) is 0 Å². The molecule has 3 heterocycles. The van der Waals surface area contributed by atoms with Gasteiger partial charge in [-0.3, -0.25) is 9.89 Å². The molecule has 0 unspecified atom stereocenters. The number of H-pyrrole nitrogens is 1. The summed E-state index contributed by atoms with van der Waals surface area (Å²) in [6.07, 6.45) is 1.89. The number of rotatable bonds is 4. The molecule has 3 aromatic rings. The first kappa shape index (κ1) is 15.0. The highest BCUT2D eigenvalue weighted by atomic mass is 32.2. The Kier molecular flexibility index (Phi) is 4.16. The normalized spacial score (nSPS) is 11.2. The standard InChI is InChI=1S/C13H14N6OS2/c1-7-4-8(2)15-12(14-7)22-6-9-5-10(20)19-11(16-9)17-13(18-19)21-3/h4-5H,6H2,1-3H3,(H,16,17,18). The van der Waals surface area contributed by atoms with Crippen molar-refractivity contribution in [1.29, 1.82) is 0 Å². The van der Waals surface area contributed by atoms with Crippen LogP contribution in [0.4, 0.5) is 0 Å². The van der Waals surface area contributed by atoms with Crippen LogP contribution >= 0.6 is 23.5 Å². The lowest BCUT2D eigenvalue weighted by atomic mass is 10.4. The van der Waals surface area contributed by atoms with E-state index in [0.29, 0.717) is 27.5 Å². The Morgan fingerprint density at radius 2 is 1.86 bits per heavy atom. The highest BCUT2D eigenvalue weighted by Crippen LogP contribution is 2.18. The number of hydrogen-bond donors (Lipinski definition) is 1. The van der Waals surface area contributed by atoms with Gasteiger partial charge >= 0.3 is 0 Å². The van der Waals surface area contributed by atoms with Crippen molar-refractivity contribution < 1.29 is 0 Å². The van der Waals surface area contributed by atoms with Crippen LogP contribution in [0.5, 0.6) is 0 Å². The molecule has 0 saturated heterocycles. The van der Waals surface area contributed by atoms with Gasteiger partial charge in [-0.2, -0.15) is 9.50 Å². The molecule has 0 spiro atoms. The van der Waals surface area contributed by atoms with Gasteiger partial charge in [0.1, 0.15) is 0 Å². The average Bonchev–Trinajstić information content (AvgIpc) is 2.88. The number of aromatic nitrogens is 6. The number of thioether (sulfide) groups is 2. The predicted molar refractivity (Wildman–Crippen MR) is 86.5 cm³/mol. The van der Waals surface area contributed by atoms with Crippen molar-refractivity contribution in [2.75, 3.05) is 6.26 Å². The summed E-state index contributed by atoms with van der Waals surface area (Å²) in [5.74, 6) is 0.907. The zero-order chi connectivity index (χ0) is 15.7. The molecular weight excluding hydrogens is 320 g/mol. The second-order valence-electron chi connectivity index (χ2n) is 4.68. The SMILES string of the molecule is CSc1nc2nc(CSc3nc(C)cc(C)n3)cc(=O)n2[nH]1. The molecule has 0 aliphatic heterocycles. The lowest BCUT2D eigenvalue weighted by molar-refractivity contribution is 0.844. The minimum Gasteiger partial charge on any atom is -0.267 e. The molecule has 0 bridgehead atoms. The van der Waals surface area contributed by atoms with Crippen molar-refractivity contribution in [3.05, 3.63) is 39.6 Å². The van der Waals surface area contributed by atoms with Crippen LogP contribution in [0.2, 0.25) is 0 Å². The molecule has 0 fully saturated rings. The first-order valence-electron chi connectivity index (χ1n) is 6.53. The number of nitrogens with zero attached hydrogens (tertiary/aromatic N) is 5. The summed E-state index contributed by atoms with van der Waals surface area (Å²) >= 11 is 2.89. The third-order valence-corrected chi connectivity index (χ3v) is 4.32. The van der Waals surface area contributed by atoms with E-state index < -0.39 is 0 Å². The highest BCUT2D eigenvalue weighted by Gasteiger charge is 2.09. The van der Waals surface area contributed by atoms with E-state index in [1.807, 2.05) is 26.2 Å². The summed E-state index contributed by atoms with van der Waals surface area (Å²) in [6.45, 7) is 3.87. The molecule has 0 amide bonds. The maximum atomic E-state index is 12.1. The van der Waals surface area contributed by atoms with Crippen molar-refractivity contribution in [3.63, 3.8) is 0 Å². The van der Waals surface area contributed by atoms with Gasteiger partial charge < -0.3 is 0 Å². The zero-order valence-electron chi connectivity index (χ0n) is 12.3. The molecule has 0 aliphatic carbocycles. The van der Waals surface area contributed by atoms with Crippen molar-refractivity contribution in [2.45, 2.75) is 29.9 Å². The smallest absolute Gasteiger partial charge is 0.267 e. The molecule has 0 aliphatic rings. The van der Waals surface area contributed by atoms with Crippen molar-refractivity contribution in [1.82, 2.24) is 29.5 Å². The van der Waals surface area contributed by atoms with Gasteiger partial charge in [-0.1, -0.05) is 23.5 Å². The molecule has 0 saturated carbocycles. The third-order valence-electron chi connectivity index (χ3n) is 2.87. The second kappa shape index (κ2) is 6.09. The summed E-state index contributed by atoms with van der Waals surface area (Å²) in [4.78, 5) is 29.4. The molecule has 0 radical (unpaired) electrons. The molecule has 0 atom stereocenters. The number of fused-ring (bicyclic) bond motifs is 1. The predicted octanol–water partition coefficient (Wildman–Crippen LogP) is 1.84. The van der Waals surface area contributed by atoms with Gasteiger partial charge in [-0.05, 0) is 26.2 Å². The van der Waals surface area contributed by atoms with Gasteiger partial charge in [-0.15, -0.1) is 0 Å². The Balaban J connectivity index is 1.86. The molecular formula is C13H14N6OS2. The zero-order valence-corrected chi connectivity index (χ0v) is 14.0. The van der Waals surface area contributed by atoms with Crippen molar-refractivity contribution >= 4 is 29.3 Å². The van der Waals surface area contributed by atoms with E-state index in [9.17, 15) is 4.79 Å². The first-order chi connectivity index (χ1) is 10.5. The van der Waals surface area contributed by atoms with Gasteiger partial charge in [0.2, 0.25) is 0 Å². The first-order valence-corrected chi connectivity index (χ1v) is 8.74. The Hall–Kier alpha value is -1.87. The second-order valence-corrected chi connectivity index (χ2v) is 6.41. The van der Waals surface area contributed by atoms with Crippen LogP contribution in [-0.2, 0) is 5.75 Å². The minimum atomic E-state index is -0.172. The summed E-state index contributed by atoms with van der Waals surface area (Å²) < 4.78 is 1.34. The van der Waals surface area contributed by atoms with Crippen LogP contribution in [-0.4, -0.2) is 35.8 Å². The van der Waals surface area contributed by atoms with Crippen molar-refractivity contribution in [2.24, 2.45) is 0 Å². The fourth-order valence-electron chi connectivity index (χ4n) is 1.97. The Bertz CT molecular complexity index is 868. The van der Waals surface area contributed by atoms with Crippen LogP contribution in [0.25, 0.3) is 5.78 Å². The van der Waals surface area contributed by atoms with Gasteiger partial charge in [-0.25, -0.2) is 15.0 Å². The summed E-state index contributed by atoms with van der Waals surface area (Å²) in [5.41, 5.74) is 2.34. The molecule has 7 nitrogen and oxygen atoms in total. The number of hydrogen-bond acceptors (Lipinski definition) is 7. The molecule has 1 N–H and O–H groups in total. The maximum Gasteiger partial charge on any atom is 0.274 e. The monoisotopic (exact) mass is 334 g/mol. The largest absolute Gasteiger partial charge is 0.274 e. The van der Waals surface area contributed by atoms with E-state index in [1.165, 1.54) is 34.1 Å². The number of aryl methyl sites for hydroxylation is 2. The highest BCUT2D eigenvalue weighted by molar-refractivity contribution is 7.98. The van der Waals surface area contributed by atoms with E-state index in [1.54, 1.807) is 0 Å². The molecule has 114 valence electrons. The number of nitrogens with one attached hydrogen (secondary N) is 1. The van der Waals surface area contributed by atoms with Crippen molar-refractivity contribution in [3.8, 4) is 0 Å². The van der Waals surface area contributed by atoms with Crippen LogP contribution < -0.4 is 5.56 Å². The lowest BCUT2D eigenvalue weighted by Crippen LogP contribution is -2.15. The van der Waals surface area contributed by atoms with Gasteiger partial charge in [0.25, 0.3) is 11.3 Å². The molecule has 3 rings (SSSR count). The van der Waals surface area contributed by atoms with E-state index in [-0.39, 0.29) is 5.56 Å². The summed E-state index contributed by atoms with van der Waals surface area (Å²) in [7, 11) is 0. The van der Waals surface area contributed by atoms with Gasteiger partial charge in [0, 0.05) is 23.2 Å². The van der Waals surface area contributed by atoms with E-state index in [0.717, 1.165) is 11.4 Å². The number of aromatic amines is 1. The van der Waals surface area contributed by atoms with E-state index in [2.05, 4.69) is 25.0 Å². The topological polar surface area (TPSA) is 88.8 Å². The lowest BCUT2D eigenvalue weighted by Gasteiger charge is -2.02. The van der Waals surface area contributed by atoms with Crippen LogP contribution in [0, 0.1) is 13.8 Å². The van der Waals surface area contributed by atoms with Crippen LogP contribution in [0.1, 0.15) is 17.1 Å². The fourth-order valence-corrected chi connectivity index (χ4v) is 3.17. The molecule has 3 aromatic heterocycles. The average molecular weight is 334 g/mol. The summed E-state index contributed by atoms with van der Waals surface area (Å²) in [6, 6.07) is 3.43. The van der Waals surface area contributed by atoms with Gasteiger partial charge in [0.05, 0.1) is 5.69 Å². The van der Waals surface area contributed by atoms with Crippen LogP contribution in [0.15, 0.2) is 27.2 Å². The Labute approximate surface area is 135 Å². The third kappa shape index (κ3) is 3.14. The molecule has 0 aromatic carbocycles. The molecule has 9 heteroatoms. The summed E-state index contributed by atoms with van der Waals surface area (Å²) in [5, 5.41) is 4.24. The Morgan fingerprint density at radius 1 is 1.14 bits per heavy atom. The Morgan fingerprint density at radius 3 is 2.55 bits per heavy atom. The van der Waals surface area contributed by atoms with E-state index in [4.69, 9.17) is 0 Å². The quantitative estimate of drug-likeness (QED) is 0.575. The minimum absolute atomic E-state index is 0.172. The fraction of sp³-hybridized carbons (Fsp3) is 0.308. The molecule has 22 heavy (non-hydrogen) atoms. The van der Waals surface area contributed by atoms with E-state index >= 15 is 0 Å².